The number of nitrogens with one attached hydrogen (secondary N) is 3. The van der Waals surface area contributed by atoms with Crippen molar-refractivity contribution in [1.82, 2.24) is 16.0 Å². The molecule has 0 spiro atoms. The minimum atomic E-state index is -1.16. The van der Waals surface area contributed by atoms with Gasteiger partial charge < -0.3 is 43.4 Å². The second-order valence-electron chi connectivity index (χ2n) is 9.54. The molecule has 3 amide bonds. The van der Waals surface area contributed by atoms with Crippen LogP contribution in [0.3, 0.4) is 0 Å². The van der Waals surface area contributed by atoms with Gasteiger partial charge in [0.25, 0.3) is 0 Å². The number of nitrogens with zero attached hydrogens (tertiary/aromatic N) is 1. The third-order valence-corrected chi connectivity index (χ3v) is 6.98. The zero-order valence-electron chi connectivity index (χ0n) is 23.3. The molecule has 40 heavy (non-hydrogen) atoms. The van der Waals surface area contributed by atoms with Crippen molar-refractivity contribution in [3.63, 3.8) is 0 Å². The smallest absolute Gasteiger partial charge is 0.326 e. The number of carboxylic acid groups (broad SMARTS) is 1. The lowest BCUT2D eigenvalue weighted by Gasteiger charge is -2.26. The number of guanidine groups is 1. The summed E-state index contributed by atoms with van der Waals surface area (Å²) in [5, 5.41) is 27.1. The molecule has 0 aliphatic rings. The van der Waals surface area contributed by atoms with Gasteiger partial charge in [-0.2, -0.15) is 11.8 Å². The molecular weight excluding hydrogens is 538 g/mol. The number of rotatable bonds is 18. The van der Waals surface area contributed by atoms with Crippen LogP contribution in [0.25, 0.3) is 0 Å². The number of thioether (sulfide) groups is 1. The normalized spacial score (nSPS) is 14.6. The Labute approximate surface area is 239 Å². The Morgan fingerprint density at radius 1 is 0.975 bits per heavy atom. The minimum absolute atomic E-state index is 0.0414. The van der Waals surface area contributed by atoms with Crippen LogP contribution in [0, 0.1) is 5.92 Å². The summed E-state index contributed by atoms with van der Waals surface area (Å²) >= 11 is 1.47. The summed E-state index contributed by atoms with van der Waals surface area (Å²) in [4.78, 5) is 55.0. The third-order valence-electron chi connectivity index (χ3n) is 6.33. The molecule has 0 saturated carbocycles. The fourth-order valence-corrected chi connectivity index (χ4v) is 4.19. The van der Waals surface area contributed by atoms with Gasteiger partial charge in [0.15, 0.2) is 5.96 Å². The summed E-state index contributed by atoms with van der Waals surface area (Å²) < 4.78 is 0. The van der Waals surface area contributed by atoms with Crippen molar-refractivity contribution in [3.8, 4) is 5.75 Å². The van der Waals surface area contributed by atoms with Crippen molar-refractivity contribution in [2.45, 2.75) is 70.1 Å². The monoisotopic (exact) mass is 581 g/mol. The van der Waals surface area contributed by atoms with Gasteiger partial charge in [-0.1, -0.05) is 32.4 Å². The number of benzene rings is 1. The van der Waals surface area contributed by atoms with E-state index in [0.29, 0.717) is 30.7 Å². The summed E-state index contributed by atoms with van der Waals surface area (Å²) in [7, 11) is 0. The van der Waals surface area contributed by atoms with Crippen molar-refractivity contribution in [2.75, 3.05) is 18.6 Å². The van der Waals surface area contributed by atoms with Crippen LogP contribution in [0.15, 0.2) is 29.3 Å². The van der Waals surface area contributed by atoms with Crippen LogP contribution in [0.5, 0.6) is 5.75 Å². The second kappa shape index (κ2) is 17.9. The van der Waals surface area contributed by atoms with Crippen LogP contribution < -0.4 is 33.2 Å². The Balaban J connectivity index is 3.09. The molecule has 14 heteroatoms. The first-order valence-corrected chi connectivity index (χ1v) is 14.5. The van der Waals surface area contributed by atoms with Crippen LogP contribution in [0.1, 0.15) is 45.1 Å². The Morgan fingerprint density at radius 2 is 1.57 bits per heavy atom. The van der Waals surface area contributed by atoms with Crippen molar-refractivity contribution in [3.05, 3.63) is 29.8 Å². The summed E-state index contributed by atoms with van der Waals surface area (Å²) in [5.74, 6) is -2.82. The minimum Gasteiger partial charge on any atom is -0.508 e. The number of hydrogen-bond acceptors (Lipinski definition) is 8. The number of aliphatic carboxylic acids is 1. The lowest BCUT2D eigenvalue weighted by Crippen LogP contribution is -2.58. The Hall–Kier alpha value is -3.52. The number of phenolic OH excluding ortho intramolecular Hbond substituents is 1. The van der Waals surface area contributed by atoms with Crippen molar-refractivity contribution < 1.29 is 29.4 Å². The SMILES string of the molecule is CCC(C)C(NC(=O)C(CCSC)NC(=O)C(Cc1ccc(O)cc1)NC(=O)C(N)CCCN=C(N)N)C(=O)O. The molecule has 0 aromatic heterocycles. The molecule has 1 aromatic carbocycles. The second-order valence-corrected chi connectivity index (χ2v) is 10.5. The number of aliphatic imine (C=N–C) groups is 1. The highest BCUT2D eigenvalue weighted by molar-refractivity contribution is 7.98. The molecule has 0 radical (unpaired) electrons. The standard InChI is InChI=1S/C26H43N7O6S/c1-4-15(2)21(25(38)39)33-23(36)19(11-13-40-3)31-24(37)20(14-16-7-9-17(34)10-8-16)32-22(35)18(27)6-5-12-30-26(28)29/h7-10,15,18-21,34H,4-6,11-14,27H2,1-3H3,(H,31,37)(H,32,35)(H,33,36)(H,38,39)(H4,28,29,30). The number of nitrogens with two attached hydrogens (primary N) is 3. The maximum atomic E-state index is 13.4. The quantitative estimate of drug-likeness (QED) is 0.0637. The van der Waals surface area contributed by atoms with E-state index in [2.05, 4.69) is 20.9 Å². The van der Waals surface area contributed by atoms with E-state index < -0.39 is 47.9 Å². The van der Waals surface area contributed by atoms with Gasteiger partial charge in [0.2, 0.25) is 17.7 Å². The van der Waals surface area contributed by atoms with E-state index in [1.807, 2.05) is 13.2 Å². The molecule has 224 valence electrons. The predicted octanol–water partition coefficient (Wildman–Crippen LogP) is -0.346. The maximum Gasteiger partial charge on any atom is 0.326 e. The summed E-state index contributed by atoms with van der Waals surface area (Å²) in [6, 6.07) is 1.95. The number of carbonyl (C=O) groups excluding carboxylic acids is 3. The highest BCUT2D eigenvalue weighted by Gasteiger charge is 2.32. The molecule has 0 heterocycles. The maximum absolute atomic E-state index is 13.4. The van der Waals surface area contributed by atoms with Crippen LogP contribution in [0.4, 0.5) is 0 Å². The van der Waals surface area contributed by atoms with Gasteiger partial charge in [-0.25, -0.2) is 4.79 Å². The number of amides is 3. The van der Waals surface area contributed by atoms with E-state index >= 15 is 0 Å². The molecule has 11 N–H and O–H groups in total. The van der Waals surface area contributed by atoms with Gasteiger partial charge in [0.1, 0.15) is 23.9 Å². The summed E-state index contributed by atoms with van der Waals surface area (Å²) in [5.41, 5.74) is 17.3. The third kappa shape index (κ3) is 12.6. The average Bonchev–Trinajstić information content (AvgIpc) is 2.91. The van der Waals surface area contributed by atoms with E-state index in [0.717, 1.165) is 0 Å². The summed E-state index contributed by atoms with van der Waals surface area (Å²) in [6.07, 6.45) is 3.39. The van der Waals surface area contributed by atoms with E-state index in [4.69, 9.17) is 17.2 Å². The molecule has 0 fully saturated rings. The fourth-order valence-electron chi connectivity index (χ4n) is 3.72. The zero-order chi connectivity index (χ0) is 30.2. The first kappa shape index (κ1) is 34.5. The van der Waals surface area contributed by atoms with E-state index in [1.54, 1.807) is 19.1 Å². The zero-order valence-corrected chi connectivity index (χ0v) is 24.1. The van der Waals surface area contributed by atoms with E-state index in [-0.39, 0.29) is 36.9 Å². The molecule has 5 atom stereocenters. The molecule has 5 unspecified atom stereocenters. The van der Waals surface area contributed by atoms with Gasteiger partial charge >= 0.3 is 5.97 Å². The van der Waals surface area contributed by atoms with Crippen LogP contribution >= 0.6 is 11.8 Å². The average molecular weight is 582 g/mol. The highest BCUT2D eigenvalue weighted by atomic mass is 32.2. The number of hydrogen-bond donors (Lipinski definition) is 8. The predicted molar refractivity (Wildman–Crippen MR) is 156 cm³/mol. The van der Waals surface area contributed by atoms with Gasteiger partial charge in [-0.15, -0.1) is 0 Å². The van der Waals surface area contributed by atoms with Crippen molar-refractivity contribution in [1.29, 1.82) is 0 Å². The Morgan fingerprint density at radius 3 is 2.12 bits per heavy atom. The lowest BCUT2D eigenvalue weighted by molar-refractivity contribution is -0.143. The number of phenols is 1. The van der Waals surface area contributed by atoms with Crippen LogP contribution in [0.2, 0.25) is 0 Å². The molecule has 0 saturated heterocycles. The lowest BCUT2D eigenvalue weighted by atomic mass is 9.98. The first-order chi connectivity index (χ1) is 18.9. The number of aromatic hydroxyl groups is 1. The molecule has 1 rings (SSSR count). The van der Waals surface area contributed by atoms with Crippen LogP contribution in [-0.4, -0.2) is 82.6 Å². The molecular formula is C26H43N7O6S. The van der Waals surface area contributed by atoms with Crippen molar-refractivity contribution in [2.24, 2.45) is 28.1 Å². The van der Waals surface area contributed by atoms with Gasteiger partial charge in [-0.3, -0.25) is 19.4 Å². The van der Waals surface area contributed by atoms with Crippen molar-refractivity contribution >= 4 is 41.4 Å². The topological polar surface area (TPSA) is 235 Å². The highest BCUT2D eigenvalue weighted by Crippen LogP contribution is 2.13. The van der Waals surface area contributed by atoms with E-state index in [9.17, 15) is 29.4 Å². The Kier molecular flexibility index (Phi) is 15.5. The molecule has 0 aliphatic carbocycles. The van der Waals surface area contributed by atoms with Gasteiger partial charge in [0.05, 0.1) is 6.04 Å². The largest absolute Gasteiger partial charge is 0.508 e. The van der Waals surface area contributed by atoms with Gasteiger partial charge in [0, 0.05) is 13.0 Å². The summed E-state index contributed by atoms with van der Waals surface area (Å²) in [6.45, 7) is 3.83. The van der Waals surface area contributed by atoms with Crippen LogP contribution in [-0.2, 0) is 25.6 Å². The molecule has 13 nitrogen and oxygen atoms in total. The fraction of sp³-hybridized carbons (Fsp3) is 0.577. The Bertz CT molecular complexity index is 1000. The number of carbonyl (C=O) groups is 4. The molecule has 0 aliphatic heterocycles. The molecule has 1 aromatic rings. The first-order valence-electron chi connectivity index (χ1n) is 13.1. The molecule has 0 bridgehead atoms. The van der Waals surface area contributed by atoms with E-state index in [1.165, 1.54) is 23.9 Å². The van der Waals surface area contributed by atoms with Gasteiger partial charge in [-0.05, 0) is 54.9 Å². The number of carboxylic acids is 1.